The monoisotopic (exact) mass is 248 g/mol. The molecule has 0 radical (unpaired) electrons. The number of aromatic nitrogens is 1. The van der Waals surface area contributed by atoms with Gasteiger partial charge in [0.05, 0.1) is 12.3 Å². The van der Waals surface area contributed by atoms with Crippen LogP contribution in [0.2, 0.25) is 0 Å². The molecule has 1 unspecified atom stereocenters. The summed E-state index contributed by atoms with van der Waals surface area (Å²) >= 11 is 0. The lowest BCUT2D eigenvalue weighted by atomic mass is 9.96. The van der Waals surface area contributed by atoms with Crippen molar-refractivity contribution < 1.29 is 4.74 Å². The van der Waals surface area contributed by atoms with Gasteiger partial charge in [0.25, 0.3) is 0 Å². The van der Waals surface area contributed by atoms with E-state index in [1.165, 1.54) is 17.0 Å². The lowest BCUT2D eigenvalue weighted by Gasteiger charge is -2.19. The number of nitrogens with zero attached hydrogens (tertiary/aromatic N) is 2. The maximum absolute atomic E-state index is 5.51. The van der Waals surface area contributed by atoms with E-state index >= 15 is 0 Å². The van der Waals surface area contributed by atoms with E-state index in [4.69, 9.17) is 9.72 Å². The molecule has 0 aliphatic carbocycles. The summed E-state index contributed by atoms with van der Waals surface area (Å²) in [6, 6.07) is 4.44. The van der Waals surface area contributed by atoms with E-state index < -0.39 is 0 Å². The van der Waals surface area contributed by atoms with E-state index in [1.807, 2.05) is 0 Å². The first kappa shape index (κ1) is 13.5. The number of aryl methyl sites for hydroxylation is 1. The van der Waals surface area contributed by atoms with E-state index in [1.54, 1.807) is 0 Å². The maximum Gasteiger partial charge on any atom is 0.0582 e. The molecular weight excluding hydrogens is 224 g/mol. The Bertz CT molecular complexity index is 386. The van der Waals surface area contributed by atoms with Crippen molar-refractivity contribution in [3.63, 3.8) is 0 Å². The third kappa shape index (κ3) is 3.09. The molecular formula is C15H24N2O. The number of hydrogen-bond acceptors (Lipinski definition) is 3. The highest BCUT2D eigenvalue weighted by Crippen LogP contribution is 2.28. The molecule has 0 N–H and O–H groups in total. The zero-order chi connectivity index (χ0) is 13.0. The first-order chi connectivity index (χ1) is 8.74. The summed E-state index contributed by atoms with van der Waals surface area (Å²) in [7, 11) is 2.15. The van der Waals surface area contributed by atoms with Gasteiger partial charge in [-0.15, -0.1) is 0 Å². The van der Waals surface area contributed by atoms with Gasteiger partial charge in [0.1, 0.15) is 0 Å². The molecule has 0 aromatic carbocycles. The first-order valence-corrected chi connectivity index (χ1v) is 6.99. The van der Waals surface area contributed by atoms with Crippen molar-refractivity contribution in [2.75, 3.05) is 26.8 Å². The lowest BCUT2D eigenvalue weighted by molar-refractivity contribution is 0.193. The maximum atomic E-state index is 5.51. The van der Waals surface area contributed by atoms with Crippen molar-refractivity contribution >= 4 is 0 Å². The molecule has 1 saturated heterocycles. The van der Waals surface area contributed by atoms with Gasteiger partial charge >= 0.3 is 0 Å². The Labute approximate surface area is 110 Å². The van der Waals surface area contributed by atoms with Crippen LogP contribution in [0.5, 0.6) is 0 Å². The largest absolute Gasteiger partial charge is 0.381 e. The number of hydrogen-bond donors (Lipinski definition) is 0. The molecule has 1 atom stereocenters. The highest BCUT2D eigenvalue weighted by atomic mass is 16.5. The Morgan fingerprint density at radius 1 is 1.39 bits per heavy atom. The summed E-state index contributed by atoms with van der Waals surface area (Å²) in [5.74, 6) is 0.545. The van der Waals surface area contributed by atoms with Crippen molar-refractivity contribution in [3.8, 4) is 0 Å². The standard InChI is InChI=1S/C15H24N2O/c1-4-13-6-7-14(12-8-9-18-11-12)15(16-13)10-17(3)5-2/h6-7,12H,4-5,8-11H2,1-3H3. The Kier molecular flexibility index (Phi) is 4.72. The molecule has 0 saturated carbocycles. The van der Waals surface area contributed by atoms with Crippen LogP contribution >= 0.6 is 0 Å². The average Bonchev–Trinajstić information content (AvgIpc) is 2.92. The van der Waals surface area contributed by atoms with Crippen molar-refractivity contribution in [2.45, 2.75) is 39.2 Å². The van der Waals surface area contributed by atoms with Crippen LogP contribution in [0.25, 0.3) is 0 Å². The van der Waals surface area contributed by atoms with Gasteiger partial charge in [0.2, 0.25) is 0 Å². The van der Waals surface area contributed by atoms with E-state index in [-0.39, 0.29) is 0 Å². The van der Waals surface area contributed by atoms with Crippen molar-refractivity contribution in [1.29, 1.82) is 0 Å². The normalized spacial score (nSPS) is 19.7. The third-order valence-electron chi connectivity index (χ3n) is 3.76. The van der Waals surface area contributed by atoms with Crippen LogP contribution in [0.4, 0.5) is 0 Å². The Hall–Kier alpha value is -0.930. The second-order valence-electron chi connectivity index (χ2n) is 5.08. The van der Waals surface area contributed by atoms with Gasteiger partial charge in [-0.1, -0.05) is 19.9 Å². The minimum Gasteiger partial charge on any atom is -0.381 e. The summed E-state index contributed by atoms with van der Waals surface area (Å²) in [6.45, 7) is 8.09. The average molecular weight is 248 g/mol. The van der Waals surface area contributed by atoms with Gasteiger partial charge in [-0.05, 0) is 38.1 Å². The first-order valence-electron chi connectivity index (χ1n) is 6.99. The van der Waals surface area contributed by atoms with Gasteiger partial charge in [-0.3, -0.25) is 4.98 Å². The van der Waals surface area contributed by atoms with Crippen LogP contribution in [0.3, 0.4) is 0 Å². The summed E-state index contributed by atoms with van der Waals surface area (Å²) < 4.78 is 5.51. The number of pyridine rings is 1. The highest BCUT2D eigenvalue weighted by molar-refractivity contribution is 5.27. The van der Waals surface area contributed by atoms with Gasteiger partial charge in [0, 0.05) is 24.8 Å². The molecule has 0 spiro atoms. The second kappa shape index (κ2) is 6.30. The van der Waals surface area contributed by atoms with Gasteiger partial charge in [-0.25, -0.2) is 0 Å². The molecule has 3 heteroatoms. The lowest BCUT2D eigenvalue weighted by Crippen LogP contribution is -2.20. The van der Waals surface area contributed by atoms with Crippen LogP contribution < -0.4 is 0 Å². The van der Waals surface area contributed by atoms with Crippen LogP contribution in [0.1, 0.15) is 43.1 Å². The summed E-state index contributed by atoms with van der Waals surface area (Å²) in [4.78, 5) is 7.13. The third-order valence-corrected chi connectivity index (χ3v) is 3.76. The quantitative estimate of drug-likeness (QED) is 0.801. The molecule has 100 valence electrons. The van der Waals surface area contributed by atoms with E-state index in [2.05, 4.69) is 37.9 Å². The van der Waals surface area contributed by atoms with Crippen LogP contribution in [0.15, 0.2) is 12.1 Å². The molecule has 1 aromatic heterocycles. The van der Waals surface area contributed by atoms with Gasteiger partial charge in [0.15, 0.2) is 0 Å². The van der Waals surface area contributed by atoms with Crippen molar-refractivity contribution in [1.82, 2.24) is 9.88 Å². The van der Waals surface area contributed by atoms with Gasteiger partial charge in [-0.2, -0.15) is 0 Å². The highest BCUT2D eigenvalue weighted by Gasteiger charge is 2.21. The fourth-order valence-electron chi connectivity index (χ4n) is 2.40. The zero-order valence-electron chi connectivity index (χ0n) is 11.8. The Morgan fingerprint density at radius 3 is 2.83 bits per heavy atom. The van der Waals surface area contributed by atoms with Crippen molar-refractivity contribution in [2.24, 2.45) is 0 Å². The SMILES string of the molecule is CCc1ccc(C2CCOC2)c(CN(C)CC)n1. The van der Waals surface area contributed by atoms with Crippen LogP contribution in [0, 0.1) is 0 Å². The molecule has 1 fully saturated rings. The minimum absolute atomic E-state index is 0.545. The predicted octanol–water partition coefficient (Wildman–Crippen LogP) is 2.60. The topological polar surface area (TPSA) is 25.4 Å². The molecule has 0 amide bonds. The smallest absolute Gasteiger partial charge is 0.0582 e. The second-order valence-corrected chi connectivity index (χ2v) is 5.08. The Morgan fingerprint density at radius 2 is 2.22 bits per heavy atom. The van der Waals surface area contributed by atoms with Gasteiger partial charge < -0.3 is 9.64 Å². The van der Waals surface area contributed by atoms with Crippen LogP contribution in [-0.2, 0) is 17.7 Å². The molecule has 1 aliphatic heterocycles. The molecule has 0 bridgehead atoms. The van der Waals surface area contributed by atoms with E-state index in [0.29, 0.717) is 5.92 Å². The van der Waals surface area contributed by atoms with Crippen LogP contribution in [-0.4, -0.2) is 36.7 Å². The number of ether oxygens (including phenoxy) is 1. The molecule has 18 heavy (non-hydrogen) atoms. The van der Waals surface area contributed by atoms with Crippen molar-refractivity contribution in [3.05, 3.63) is 29.1 Å². The minimum atomic E-state index is 0.545. The van der Waals surface area contributed by atoms with E-state index in [0.717, 1.165) is 39.1 Å². The molecule has 1 aromatic rings. The predicted molar refractivity (Wildman–Crippen MR) is 73.8 cm³/mol. The molecule has 1 aliphatic rings. The molecule has 2 heterocycles. The molecule has 2 rings (SSSR count). The summed E-state index contributed by atoms with van der Waals surface area (Å²) in [5, 5.41) is 0. The number of rotatable bonds is 5. The Balaban J connectivity index is 2.25. The zero-order valence-corrected chi connectivity index (χ0v) is 11.8. The summed E-state index contributed by atoms with van der Waals surface area (Å²) in [5.41, 5.74) is 3.83. The fraction of sp³-hybridized carbons (Fsp3) is 0.667. The molecule has 3 nitrogen and oxygen atoms in total. The fourth-order valence-corrected chi connectivity index (χ4v) is 2.40. The summed E-state index contributed by atoms with van der Waals surface area (Å²) in [6.07, 6.45) is 2.14. The van der Waals surface area contributed by atoms with E-state index in [9.17, 15) is 0 Å².